The van der Waals surface area contributed by atoms with Crippen molar-refractivity contribution < 1.29 is 5.11 Å². The van der Waals surface area contributed by atoms with Gasteiger partial charge in [0.25, 0.3) is 0 Å². The molecule has 1 saturated carbocycles. The Labute approximate surface area is 96.2 Å². The minimum Gasteiger partial charge on any atom is -0.396 e. The fourth-order valence-electron chi connectivity index (χ4n) is 1.69. The van der Waals surface area contributed by atoms with E-state index in [0.29, 0.717) is 11.2 Å². The Morgan fingerprint density at radius 2 is 2.33 bits per heavy atom. The predicted molar refractivity (Wildman–Crippen MR) is 63.8 cm³/mol. The SMILES string of the molecule is CNC(C#N)(CSC(C)CCO)C1CC1. The fraction of sp³-hybridized carbons (Fsp3) is 0.909. The van der Waals surface area contributed by atoms with Crippen LogP contribution in [0, 0.1) is 17.2 Å². The highest BCUT2D eigenvalue weighted by atomic mass is 32.2. The van der Waals surface area contributed by atoms with Gasteiger partial charge in [-0.05, 0) is 32.2 Å². The van der Waals surface area contributed by atoms with Crippen LogP contribution in [0.15, 0.2) is 0 Å². The van der Waals surface area contributed by atoms with Crippen molar-refractivity contribution in [1.29, 1.82) is 5.26 Å². The summed E-state index contributed by atoms with van der Waals surface area (Å²) < 4.78 is 0. The summed E-state index contributed by atoms with van der Waals surface area (Å²) in [5.74, 6) is 1.35. The maximum Gasteiger partial charge on any atom is 0.118 e. The van der Waals surface area contributed by atoms with Gasteiger partial charge >= 0.3 is 0 Å². The number of hydrogen-bond acceptors (Lipinski definition) is 4. The highest BCUT2D eigenvalue weighted by Crippen LogP contribution is 2.41. The van der Waals surface area contributed by atoms with Crippen LogP contribution in [0.5, 0.6) is 0 Å². The van der Waals surface area contributed by atoms with Crippen LogP contribution in [0.1, 0.15) is 26.2 Å². The first-order chi connectivity index (χ1) is 7.18. The molecule has 0 aliphatic heterocycles. The van der Waals surface area contributed by atoms with E-state index in [-0.39, 0.29) is 12.1 Å². The van der Waals surface area contributed by atoms with Crippen LogP contribution >= 0.6 is 11.8 Å². The van der Waals surface area contributed by atoms with Crippen molar-refractivity contribution in [3.05, 3.63) is 0 Å². The summed E-state index contributed by atoms with van der Waals surface area (Å²) in [7, 11) is 1.87. The molecule has 1 fully saturated rings. The third kappa shape index (κ3) is 3.37. The number of aliphatic hydroxyl groups excluding tert-OH is 1. The van der Waals surface area contributed by atoms with E-state index >= 15 is 0 Å². The van der Waals surface area contributed by atoms with E-state index in [2.05, 4.69) is 18.3 Å². The highest BCUT2D eigenvalue weighted by molar-refractivity contribution is 7.99. The van der Waals surface area contributed by atoms with E-state index in [4.69, 9.17) is 5.11 Å². The monoisotopic (exact) mass is 228 g/mol. The quantitative estimate of drug-likeness (QED) is 0.691. The lowest BCUT2D eigenvalue weighted by Crippen LogP contribution is -2.46. The van der Waals surface area contributed by atoms with Gasteiger partial charge in [0.15, 0.2) is 0 Å². The lowest BCUT2D eigenvalue weighted by atomic mass is 9.98. The molecule has 2 unspecified atom stereocenters. The molecule has 0 bridgehead atoms. The Hall–Kier alpha value is -0.240. The molecule has 0 radical (unpaired) electrons. The fourth-order valence-corrected chi connectivity index (χ4v) is 2.95. The minimum atomic E-state index is -0.339. The number of nitrogens with zero attached hydrogens (tertiary/aromatic N) is 1. The predicted octanol–water partition coefficient (Wildman–Crippen LogP) is 1.38. The molecule has 1 aliphatic carbocycles. The number of thioether (sulfide) groups is 1. The van der Waals surface area contributed by atoms with Gasteiger partial charge in [-0.2, -0.15) is 17.0 Å². The van der Waals surface area contributed by atoms with Crippen LogP contribution in [0.3, 0.4) is 0 Å². The van der Waals surface area contributed by atoms with Crippen molar-refractivity contribution in [1.82, 2.24) is 5.32 Å². The average Bonchev–Trinajstić information content (AvgIpc) is 3.05. The first-order valence-corrected chi connectivity index (χ1v) is 6.56. The standard InChI is InChI=1S/C11H20N2OS/c1-9(5-6-14)15-8-11(7-12,13-2)10-3-4-10/h9-10,13-14H,3-6,8H2,1-2H3. The summed E-state index contributed by atoms with van der Waals surface area (Å²) in [6, 6.07) is 2.43. The van der Waals surface area contributed by atoms with Gasteiger partial charge in [0.05, 0.1) is 6.07 Å². The number of rotatable bonds is 7. The van der Waals surface area contributed by atoms with Crippen molar-refractivity contribution in [2.45, 2.75) is 37.0 Å². The van der Waals surface area contributed by atoms with Crippen LogP contribution < -0.4 is 5.32 Å². The van der Waals surface area contributed by atoms with Gasteiger partial charge in [-0.15, -0.1) is 0 Å². The van der Waals surface area contributed by atoms with E-state index in [1.807, 2.05) is 7.05 Å². The summed E-state index contributed by atoms with van der Waals surface area (Å²) in [4.78, 5) is 0. The third-order valence-corrected chi connectivity index (χ3v) is 4.48. The molecule has 0 aromatic carbocycles. The van der Waals surface area contributed by atoms with Crippen molar-refractivity contribution in [3.8, 4) is 6.07 Å². The maximum atomic E-state index is 9.25. The van der Waals surface area contributed by atoms with E-state index in [0.717, 1.165) is 12.2 Å². The van der Waals surface area contributed by atoms with Crippen molar-refractivity contribution in [3.63, 3.8) is 0 Å². The Kier molecular flexibility index (Phi) is 4.91. The van der Waals surface area contributed by atoms with E-state index < -0.39 is 0 Å². The molecule has 4 heteroatoms. The van der Waals surface area contributed by atoms with Crippen molar-refractivity contribution >= 4 is 11.8 Å². The largest absolute Gasteiger partial charge is 0.396 e. The van der Waals surface area contributed by atoms with Gasteiger partial charge in [0, 0.05) is 17.6 Å². The molecule has 0 amide bonds. The average molecular weight is 228 g/mol. The molecule has 1 aliphatic rings. The second-order valence-corrected chi connectivity index (χ2v) is 5.67. The van der Waals surface area contributed by atoms with Gasteiger partial charge in [-0.1, -0.05) is 6.92 Å². The Balaban J connectivity index is 2.42. The number of nitriles is 1. The zero-order valence-electron chi connectivity index (χ0n) is 9.49. The van der Waals surface area contributed by atoms with Crippen molar-refractivity contribution in [2.24, 2.45) is 5.92 Å². The molecular formula is C11H20N2OS. The summed E-state index contributed by atoms with van der Waals surface area (Å²) in [6.07, 6.45) is 3.15. The molecule has 3 nitrogen and oxygen atoms in total. The molecule has 0 saturated heterocycles. The molecule has 0 heterocycles. The molecule has 2 atom stereocenters. The summed E-state index contributed by atoms with van der Waals surface area (Å²) in [5.41, 5.74) is -0.339. The zero-order chi connectivity index (χ0) is 11.3. The Morgan fingerprint density at radius 3 is 2.73 bits per heavy atom. The van der Waals surface area contributed by atoms with E-state index in [1.165, 1.54) is 12.8 Å². The van der Waals surface area contributed by atoms with Gasteiger partial charge < -0.3 is 10.4 Å². The van der Waals surface area contributed by atoms with Crippen molar-refractivity contribution in [2.75, 3.05) is 19.4 Å². The van der Waals surface area contributed by atoms with Gasteiger partial charge in [-0.25, -0.2) is 0 Å². The minimum absolute atomic E-state index is 0.233. The number of aliphatic hydroxyl groups is 1. The highest BCUT2D eigenvalue weighted by Gasteiger charge is 2.44. The van der Waals surface area contributed by atoms with Crippen LogP contribution in [-0.4, -0.2) is 35.3 Å². The summed E-state index contributed by atoms with van der Waals surface area (Å²) >= 11 is 1.78. The normalized spacial score (nSPS) is 21.7. The summed E-state index contributed by atoms with van der Waals surface area (Å²) in [6.45, 7) is 2.34. The lowest BCUT2D eigenvalue weighted by molar-refractivity contribution is 0.288. The summed E-state index contributed by atoms with van der Waals surface area (Å²) in [5, 5.41) is 21.7. The topological polar surface area (TPSA) is 56.0 Å². The van der Waals surface area contributed by atoms with Gasteiger partial charge in [0.2, 0.25) is 0 Å². The molecule has 2 N–H and O–H groups in total. The first-order valence-electron chi connectivity index (χ1n) is 5.51. The smallest absolute Gasteiger partial charge is 0.118 e. The Morgan fingerprint density at radius 1 is 1.67 bits per heavy atom. The van der Waals surface area contributed by atoms with Crippen LogP contribution in [0.4, 0.5) is 0 Å². The molecule has 0 aromatic rings. The van der Waals surface area contributed by atoms with E-state index in [9.17, 15) is 5.26 Å². The van der Waals surface area contributed by atoms with Crippen LogP contribution in [0.2, 0.25) is 0 Å². The molecule has 0 aromatic heterocycles. The molecule has 1 rings (SSSR count). The maximum absolute atomic E-state index is 9.25. The van der Waals surface area contributed by atoms with Gasteiger partial charge in [0.1, 0.15) is 5.54 Å². The lowest BCUT2D eigenvalue weighted by Gasteiger charge is -2.26. The second kappa shape index (κ2) is 5.74. The third-order valence-electron chi connectivity index (χ3n) is 3.05. The molecule has 15 heavy (non-hydrogen) atoms. The van der Waals surface area contributed by atoms with Crippen LogP contribution in [-0.2, 0) is 0 Å². The molecule has 0 spiro atoms. The Bertz CT molecular complexity index is 237. The second-order valence-electron chi connectivity index (χ2n) is 4.24. The van der Waals surface area contributed by atoms with E-state index in [1.54, 1.807) is 11.8 Å². The first kappa shape index (κ1) is 12.8. The van der Waals surface area contributed by atoms with Gasteiger partial charge in [-0.3, -0.25) is 0 Å². The van der Waals surface area contributed by atoms with Crippen LogP contribution in [0.25, 0.3) is 0 Å². The number of hydrogen-bond donors (Lipinski definition) is 2. The zero-order valence-corrected chi connectivity index (χ0v) is 10.3. The molecule has 86 valence electrons. The number of nitrogens with one attached hydrogen (secondary N) is 1. The molecular weight excluding hydrogens is 208 g/mol.